The molecule has 0 saturated carbocycles. The van der Waals surface area contributed by atoms with Gasteiger partial charge < -0.3 is 0 Å². The van der Waals surface area contributed by atoms with Crippen molar-refractivity contribution in [1.82, 2.24) is 4.90 Å². The Bertz CT molecular complexity index is 795. The number of hydrogen-bond acceptors (Lipinski definition) is 4. The van der Waals surface area contributed by atoms with Crippen LogP contribution in [-0.4, -0.2) is 39.8 Å². The molecule has 0 fully saturated rings. The van der Waals surface area contributed by atoms with Gasteiger partial charge in [0.15, 0.2) is 0 Å². The molecule has 2 aromatic rings. The van der Waals surface area contributed by atoms with Gasteiger partial charge in [0.2, 0.25) is 0 Å². The first-order chi connectivity index (χ1) is 13.6. The molecule has 162 valence electrons. The summed E-state index contributed by atoms with van der Waals surface area (Å²) in [6.07, 6.45) is 2.89. The molecule has 0 heterocycles. The van der Waals surface area contributed by atoms with Crippen molar-refractivity contribution in [3.63, 3.8) is 0 Å². The van der Waals surface area contributed by atoms with Crippen LogP contribution in [0.2, 0.25) is 0 Å². The van der Waals surface area contributed by atoms with Gasteiger partial charge in [-0.25, -0.2) is 0 Å². The van der Waals surface area contributed by atoms with Crippen LogP contribution in [-0.2, 0) is 25.7 Å². The first-order valence-electron chi connectivity index (χ1n) is 10.7. The summed E-state index contributed by atoms with van der Waals surface area (Å²) in [6, 6.07) is 11.7. The fraction of sp³-hybridized carbons (Fsp3) is 0.500. The Morgan fingerprint density at radius 2 is 1.10 bits per heavy atom. The molecule has 0 amide bonds. The van der Waals surface area contributed by atoms with Crippen molar-refractivity contribution < 1.29 is 14.7 Å². The molecule has 1 atom stereocenters. The van der Waals surface area contributed by atoms with E-state index in [0.29, 0.717) is 18.1 Å². The molecule has 0 saturated heterocycles. The average molecular weight is 420 g/mol. The van der Waals surface area contributed by atoms with Crippen LogP contribution in [0.3, 0.4) is 0 Å². The molecular weight excluding hydrogens is 381 g/mol. The third-order valence-corrected chi connectivity index (χ3v) is 8.45. The second kappa shape index (κ2) is 9.24. The molecule has 5 heteroatoms. The average Bonchev–Trinajstić information content (AvgIpc) is 2.70. The summed E-state index contributed by atoms with van der Waals surface area (Å²) in [5.41, 5.74) is 5.11. The van der Waals surface area contributed by atoms with E-state index in [4.69, 9.17) is 0 Å². The second-order valence-corrected chi connectivity index (χ2v) is 11.3. The molecule has 2 aromatic carbocycles. The van der Waals surface area contributed by atoms with Crippen molar-refractivity contribution in [2.75, 3.05) is 20.3 Å². The van der Waals surface area contributed by atoms with Crippen LogP contribution in [0.15, 0.2) is 36.4 Å². The van der Waals surface area contributed by atoms with Crippen LogP contribution in [0.25, 0.3) is 0 Å². The van der Waals surface area contributed by atoms with Gasteiger partial charge in [-0.05, 0) is 0 Å². The fourth-order valence-corrected chi connectivity index (χ4v) is 7.41. The van der Waals surface area contributed by atoms with Gasteiger partial charge in [-0.3, -0.25) is 0 Å². The minimum atomic E-state index is -5.13. The topological polar surface area (TPSA) is 63.9 Å². The van der Waals surface area contributed by atoms with Gasteiger partial charge in [-0.2, -0.15) is 0 Å². The van der Waals surface area contributed by atoms with Crippen LogP contribution in [0, 0.1) is 0 Å². The van der Waals surface area contributed by atoms with Gasteiger partial charge >= 0.3 is 176 Å². The van der Waals surface area contributed by atoms with Gasteiger partial charge in [0.05, 0.1) is 0 Å². The molecule has 0 aromatic heterocycles. The molecular formula is C24H38NO3P. The Hall–Kier alpha value is -1.29. The Balaban J connectivity index is 2.68. The summed E-state index contributed by atoms with van der Waals surface area (Å²) < 4.78 is 0. The van der Waals surface area contributed by atoms with Crippen molar-refractivity contribution in [2.24, 2.45) is 0 Å². The summed E-state index contributed by atoms with van der Waals surface area (Å²) >= 11 is 0. The quantitative estimate of drug-likeness (QED) is 0.535. The van der Waals surface area contributed by atoms with Crippen molar-refractivity contribution in [1.29, 1.82) is 0 Å². The molecule has 0 aliphatic carbocycles. The third kappa shape index (κ3) is 5.07. The minimum absolute atomic E-state index is 0.105. The summed E-state index contributed by atoms with van der Waals surface area (Å²) in [5, 5.41) is 0.363. The normalized spacial score (nSPS) is 14.6. The maximum absolute atomic E-state index is 11.5. The van der Waals surface area contributed by atoms with E-state index >= 15 is 0 Å². The molecule has 3 N–H and O–H groups in total. The molecule has 0 aliphatic rings. The molecule has 0 spiro atoms. The Kier molecular flexibility index (Phi) is 7.64. The first-order valence-corrected chi connectivity index (χ1v) is 13.0. The molecule has 0 radical (unpaired) electrons. The molecule has 1 unspecified atom stereocenters. The van der Waals surface area contributed by atoms with Gasteiger partial charge in [0.25, 0.3) is 0 Å². The van der Waals surface area contributed by atoms with E-state index in [-0.39, 0.29) is 12.2 Å². The number of benzene rings is 2. The zero-order valence-electron chi connectivity index (χ0n) is 18.8. The van der Waals surface area contributed by atoms with E-state index in [0.717, 1.165) is 29.5 Å². The SMILES string of the molecule is CCc1cccc(CC)c1C(CP(O)(O)(O)c1c(CC)cccc1CC)N(C)C. The van der Waals surface area contributed by atoms with E-state index < -0.39 is 7.28 Å². The fourth-order valence-electron chi connectivity index (χ4n) is 4.44. The third-order valence-electron chi connectivity index (χ3n) is 5.94. The van der Waals surface area contributed by atoms with Crippen LogP contribution in [0.5, 0.6) is 0 Å². The van der Waals surface area contributed by atoms with E-state index in [1.54, 1.807) is 0 Å². The van der Waals surface area contributed by atoms with Crippen LogP contribution in [0.4, 0.5) is 0 Å². The van der Waals surface area contributed by atoms with Crippen LogP contribution in [0.1, 0.15) is 61.6 Å². The van der Waals surface area contributed by atoms with E-state index in [1.165, 1.54) is 11.1 Å². The van der Waals surface area contributed by atoms with Gasteiger partial charge in [0, 0.05) is 0 Å². The summed E-state index contributed by atoms with van der Waals surface area (Å²) in [5.74, 6) is 0. The van der Waals surface area contributed by atoms with Crippen LogP contribution >= 0.6 is 7.28 Å². The maximum atomic E-state index is 11.5. The molecule has 4 nitrogen and oxygen atoms in total. The molecule has 0 bridgehead atoms. The first kappa shape index (κ1) is 24.0. The Labute approximate surface area is 176 Å². The van der Waals surface area contributed by atoms with Gasteiger partial charge in [-0.1, -0.05) is 0 Å². The number of nitrogens with zero attached hydrogens (tertiary/aromatic N) is 1. The number of rotatable bonds is 9. The zero-order valence-corrected chi connectivity index (χ0v) is 19.7. The van der Waals surface area contributed by atoms with Gasteiger partial charge in [0.1, 0.15) is 0 Å². The Morgan fingerprint density at radius 1 is 0.724 bits per heavy atom. The predicted molar refractivity (Wildman–Crippen MR) is 125 cm³/mol. The van der Waals surface area contributed by atoms with Crippen molar-refractivity contribution >= 4 is 12.6 Å². The second-order valence-electron chi connectivity index (χ2n) is 8.14. The van der Waals surface area contributed by atoms with E-state index in [9.17, 15) is 14.7 Å². The van der Waals surface area contributed by atoms with Crippen molar-refractivity contribution in [3.05, 3.63) is 64.2 Å². The van der Waals surface area contributed by atoms with Crippen molar-refractivity contribution in [2.45, 2.75) is 59.4 Å². The van der Waals surface area contributed by atoms with Crippen LogP contribution < -0.4 is 5.30 Å². The zero-order chi connectivity index (χ0) is 21.8. The monoisotopic (exact) mass is 419 g/mol. The predicted octanol–water partition coefficient (Wildman–Crippen LogP) is 4.14. The van der Waals surface area contributed by atoms with Gasteiger partial charge in [-0.15, -0.1) is 0 Å². The molecule has 0 aliphatic heterocycles. The standard InChI is InChI=1S/C24H38NO3P/c1-7-18-13-11-14-19(8-2)23(18)22(25(5)6)17-29(26,27,28)24-20(9-3)15-12-16-21(24)10-4/h11-16,22,26-28H,7-10,17H2,1-6H3. The summed E-state index contributed by atoms with van der Waals surface area (Å²) in [6.45, 7) is 8.19. The Morgan fingerprint density at radius 3 is 1.45 bits per heavy atom. The molecule has 29 heavy (non-hydrogen) atoms. The molecule has 2 rings (SSSR count). The summed E-state index contributed by atoms with van der Waals surface area (Å²) in [7, 11) is -1.25. The van der Waals surface area contributed by atoms with E-state index in [2.05, 4.69) is 32.0 Å². The number of aryl methyl sites for hydroxylation is 4. The van der Waals surface area contributed by atoms with Crippen molar-refractivity contribution in [3.8, 4) is 0 Å². The summed E-state index contributed by atoms with van der Waals surface area (Å²) in [4.78, 5) is 36.5. The number of hydrogen-bond donors (Lipinski definition) is 3. The van der Waals surface area contributed by atoms with E-state index in [1.807, 2.05) is 51.0 Å².